The Morgan fingerprint density at radius 3 is 2.35 bits per heavy atom. The largest absolute Gasteiger partial charge is 0.377 e. The average molecular weight is 285 g/mol. The van der Waals surface area contributed by atoms with E-state index in [1.165, 1.54) is 0 Å². The molecular weight excluding hydrogens is 258 g/mol. The van der Waals surface area contributed by atoms with E-state index in [0.717, 1.165) is 6.42 Å². The van der Waals surface area contributed by atoms with Gasteiger partial charge in [-0.15, -0.1) is 6.42 Å². The summed E-state index contributed by atoms with van der Waals surface area (Å²) in [5.41, 5.74) is 0. The Morgan fingerprint density at radius 2 is 1.75 bits per heavy atom. The fourth-order valence-corrected chi connectivity index (χ4v) is 1.37. The van der Waals surface area contributed by atoms with Crippen molar-refractivity contribution in [1.82, 2.24) is 5.32 Å². The summed E-state index contributed by atoms with van der Waals surface area (Å²) in [5, 5.41) is 2.83. The minimum absolute atomic E-state index is 0.0878. The summed E-state index contributed by atoms with van der Waals surface area (Å²) in [7, 11) is 0. The van der Waals surface area contributed by atoms with Crippen LogP contribution in [0.15, 0.2) is 0 Å². The van der Waals surface area contributed by atoms with Crippen LogP contribution in [0.2, 0.25) is 0 Å². The Morgan fingerprint density at radius 1 is 1.15 bits per heavy atom. The van der Waals surface area contributed by atoms with E-state index in [1.807, 2.05) is 0 Å². The van der Waals surface area contributed by atoms with Gasteiger partial charge in [0.15, 0.2) is 0 Å². The molecule has 0 saturated heterocycles. The highest BCUT2D eigenvalue weighted by Crippen LogP contribution is 2.04. The van der Waals surface area contributed by atoms with Crippen LogP contribution >= 0.6 is 0 Å². The van der Waals surface area contributed by atoms with Crippen molar-refractivity contribution in [2.45, 2.75) is 26.7 Å². The van der Waals surface area contributed by atoms with Crippen molar-refractivity contribution in [2.75, 3.05) is 46.2 Å². The van der Waals surface area contributed by atoms with Gasteiger partial charge in [-0.2, -0.15) is 0 Å². The van der Waals surface area contributed by atoms with Crippen LogP contribution in [-0.2, 0) is 19.0 Å². The molecule has 5 heteroatoms. The Bertz CT molecular complexity index is 276. The van der Waals surface area contributed by atoms with E-state index in [2.05, 4.69) is 25.1 Å². The number of amides is 1. The number of nitrogens with one attached hydrogen (secondary N) is 1. The molecule has 0 aromatic carbocycles. The summed E-state index contributed by atoms with van der Waals surface area (Å²) >= 11 is 0. The molecule has 1 N–H and O–H groups in total. The van der Waals surface area contributed by atoms with Crippen molar-refractivity contribution in [1.29, 1.82) is 0 Å². The minimum atomic E-state index is 0.0878. The molecule has 1 amide bonds. The van der Waals surface area contributed by atoms with Gasteiger partial charge in [-0.3, -0.25) is 4.79 Å². The second-order valence-electron chi connectivity index (χ2n) is 4.55. The predicted molar refractivity (Wildman–Crippen MR) is 78.4 cm³/mol. The van der Waals surface area contributed by atoms with Crippen LogP contribution in [0.3, 0.4) is 0 Å². The zero-order chi connectivity index (χ0) is 15.1. The normalized spacial score (nSPS) is 11.8. The Kier molecular flexibility index (Phi) is 13.5. The lowest BCUT2D eigenvalue weighted by atomic mass is 10.1. The quantitative estimate of drug-likeness (QED) is 0.408. The third kappa shape index (κ3) is 13.3. The number of ether oxygens (including phenoxy) is 3. The molecule has 5 nitrogen and oxygen atoms in total. The molecule has 0 bridgehead atoms. The average Bonchev–Trinajstić information content (AvgIpc) is 2.44. The van der Waals surface area contributed by atoms with Gasteiger partial charge in [0.2, 0.25) is 5.91 Å². The molecule has 0 aliphatic rings. The Labute approximate surface area is 122 Å². The second kappa shape index (κ2) is 14.3. The molecule has 0 heterocycles. The molecule has 1 atom stereocenters. The van der Waals surface area contributed by atoms with Gasteiger partial charge in [0, 0.05) is 13.0 Å². The van der Waals surface area contributed by atoms with E-state index < -0.39 is 0 Å². The molecule has 0 rings (SSSR count). The third-order valence-corrected chi connectivity index (χ3v) is 2.73. The molecular formula is C15H27NO4. The maximum atomic E-state index is 11.5. The minimum Gasteiger partial charge on any atom is -0.377 e. The Balaban J connectivity index is 3.17. The lowest BCUT2D eigenvalue weighted by molar-refractivity contribution is -0.122. The van der Waals surface area contributed by atoms with Gasteiger partial charge >= 0.3 is 0 Å². The highest BCUT2D eigenvalue weighted by Gasteiger charge is 2.05. The SMILES string of the molecule is C#CCOCCOCCOCCNC(=O)CC(C)CC. The number of rotatable bonds is 13. The van der Waals surface area contributed by atoms with Gasteiger partial charge in [0.1, 0.15) is 6.61 Å². The topological polar surface area (TPSA) is 56.8 Å². The molecule has 0 spiro atoms. The van der Waals surface area contributed by atoms with E-state index in [0.29, 0.717) is 58.5 Å². The summed E-state index contributed by atoms with van der Waals surface area (Å²) in [6.45, 7) is 7.54. The number of terminal acetylenes is 1. The van der Waals surface area contributed by atoms with Gasteiger partial charge in [0.05, 0.1) is 33.0 Å². The molecule has 0 aliphatic heterocycles. The van der Waals surface area contributed by atoms with E-state index in [1.54, 1.807) is 0 Å². The van der Waals surface area contributed by atoms with Gasteiger partial charge in [-0.05, 0) is 5.92 Å². The van der Waals surface area contributed by atoms with Crippen LogP contribution in [-0.4, -0.2) is 52.1 Å². The summed E-state index contributed by atoms with van der Waals surface area (Å²) in [4.78, 5) is 11.5. The molecule has 20 heavy (non-hydrogen) atoms. The molecule has 0 aliphatic carbocycles. The zero-order valence-corrected chi connectivity index (χ0v) is 12.7. The lowest BCUT2D eigenvalue weighted by Crippen LogP contribution is -2.28. The van der Waals surface area contributed by atoms with Crippen molar-refractivity contribution >= 4 is 5.91 Å². The van der Waals surface area contributed by atoms with Crippen molar-refractivity contribution in [3.8, 4) is 12.3 Å². The highest BCUT2D eigenvalue weighted by atomic mass is 16.5. The van der Waals surface area contributed by atoms with Crippen LogP contribution < -0.4 is 5.32 Å². The first-order valence-corrected chi connectivity index (χ1v) is 7.14. The maximum Gasteiger partial charge on any atom is 0.220 e. The van der Waals surface area contributed by atoms with E-state index in [9.17, 15) is 4.79 Å². The highest BCUT2D eigenvalue weighted by molar-refractivity contribution is 5.76. The number of carbonyl (C=O) groups excluding carboxylic acids is 1. The van der Waals surface area contributed by atoms with Crippen molar-refractivity contribution in [3.63, 3.8) is 0 Å². The number of hydrogen-bond acceptors (Lipinski definition) is 4. The van der Waals surface area contributed by atoms with Gasteiger partial charge in [0.25, 0.3) is 0 Å². The fraction of sp³-hybridized carbons (Fsp3) is 0.800. The number of carbonyl (C=O) groups is 1. The smallest absolute Gasteiger partial charge is 0.220 e. The van der Waals surface area contributed by atoms with E-state index >= 15 is 0 Å². The molecule has 0 fully saturated rings. The second-order valence-corrected chi connectivity index (χ2v) is 4.55. The van der Waals surface area contributed by atoms with Crippen molar-refractivity contribution < 1.29 is 19.0 Å². The van der Waals surface area contributed by atoms with Crippen LogP contribution in [0.4, 0.5) is 0 Å². The molecule has 0 saturated carbocycles. The predicted octanol–water partition coefficient (Wildman–Crippen LogP) is 1.22. The van der Waals surface area contributed by atoms with Crippen molar-refractivity contribution in [3.05, 3.63) is 0 Å². The standard InChI is InChI=1S/C15H27NO4/c1-4-7-18-9-11-20-12-10-19-8-6-16-15(17)13-14(3)5-2/h1,14H,5-13H2,2-3H3,(H,16,17). The van der Waals surface area contributed by atoms with Crippen molar-refractivity contribution in [2.24, 2.45) is 5.92 Å². The summed E-state index contributed by atoms with van der Waals surface area (Å²) in [6, 6.07) is 0. The monoisotopic (exact) mass is 285 g/mol. The van der Waals surface area contributed by atoms with Crippen LogP contribution in [0.1, 0.15) is 26.7 Å². The fourth-order valence-electron chi connectivity index (χ4n) is 1.37. The first kappa shape index (κ1) is 18.9. The summed E-state index contributed by atoms with van der Waals surface area (Å²) in [6.07, 6.45) is 6.63. The zero-order valence-electron chi connectivity index (χ0n) is 12.7. The van der Waals surface area contributed by atoms with Gasteiger partial charge < -0.3 is 19.5 Å². The van der Waals surface area contributed by atoms with E-state index in [-0.39, 0.29) is 5.91 Å². The first-order chi connectivity index (χ1) is 9.70. The molecule has 116 valence electrons. The molecule has 0 radical (unpaired) electrons. The molecule has 1 unspecified atom stereocenters. The molecule has 0 aromatic heterocycles. The van der Waals surface area contributed by atoms with Gasteiger partial charge in [-0.1, -0.05) is 26.2 Å². The first-order valence-electron chi connectivity index (χ1n) is 7.14. The van der Waals surface area contributed by atoms with Crippen LogP contribution in [0, 0.1) is 18.3 Å². The maximum absolute atomic E-state index is 11.5. The van der Waals surface area contributed by atoms with E-state index in [4.69, 9.17) is 20.6 Å². The lowest BCUT2D eigenvalue weighted by Gasteiger charge is -2.09. The molecule has 0 aromatic rings. The van der Waals surface area contributed by atoms with Crippen LogP contribution in [0.25, 0.3) is 0 Å². The number of hydrogen-bond donors (Lipinski definition) is 1. The summed E-state index contributed by atoms with van der Waals surface area (Å²) < 4.78 is 15.6. The Hall–Kier alpha value is -1.09. The summed E-state index contributed by atoms with van der Waals surface area (Å²) in [5.74, 6) is 2.90. The third-order valence-electron chi connectivity index (χ3n) is 2.73. The van der Waals surface area contributed by atoms with Crippen LogP contribution in [0.5, 0.6) is 0 Å². The van der Waals surface area contributed by atoms with Gasteiger partial charge in [-0.25, -0.2) is 0 Å².